The molecule has 2 heterocycles. The van der Waals surface area contributed by atoms with Crippen LogP contribution in [-0.4, -0.2) is 40.2 Å². The number of carbonyl (C=O) groups excluding carboxylic acids is 2. The van der Waals surface area contributed by atoms with Gasteiger partial charge in [-0.05, 0) is 31.9 Å². The van der Waals surface area contributed by atoms with E-state index in [1.165, 1.54) is 23.0 Å². The number of nitrogens with one attached hydrogen (secondary N) is 1. The molecule has 1 atom stereocenters. The molecule has 8 heteroatoms. The minimum absolute atomic E-state index is 0.158. The van der Waals surface area contributed by atoms with Gasteiger partial charge >= 0.3 is 5.97 Å². The van der Waals surface area contributed by atoms with Crippen molar-refractivity contribution in [1.29, 1.82) is 0 Å². The second-order valence-electron chi connectivity index (χ2n) is 6.49. The molecule has 2 aromatic heterocycles. The predicted molar refractivity (Wildman–Crippen MR) is 116 cm³/mol. The molecule has 0 radical (unpaired) electrons. The van der Waals surface area contributed by atoms with Gasteiger partial charge in [-0.1, -0.05) is 42.1 Å². The van der Waals surface area contributed by atoms with Crippen LogP contribution in [0.2, 0.25) is 0 Å². The minimum Gasteiger partial charge on any atom is -0.464 e. The van der Waals surface area contributed by atoms with Crippen LogP contribution in [0.4, 0.5) is 0 Å². The van der Waals surface area contributed by atoms with E-state index in [-0.39, 0.29) is 18.3 Å². The Labute approximate surface area is 178 Å². The molecule has 3 aromatic rings. The smallest absolute Gasteiger partial charge is 0.328 e. The monoisotopic (exact) mass is 429 g/mol. The topological polar surface area (TPSA) is 81.2 Å². The second kappa shape index (κ2) is 9.84. The van der Waals surface area contributed by atoms with E-state index in [1.54, 1.807) is 18.3 Å². The maximum Gasteiger partial charge on any atom is 0.328 e. The Morgan fingerprint density at radius 2 is 1.97 bits per heavy atom. The maximum absolute atomic E-state index is 12.6. The van der Waals surface area contributed by atoms with Crippen molar-refractivity contribution in [3.8, 4) is 0 Å². The van der Waals surface area contributed by atoms with E-state index >= 15 is 0 Å². The minimum atomic E-state index is -0.721. The fourth-order valence-electron chi connectivity index (χ4n) is 2.92. The molecule has 0 aliphatic carbocycles. The Kier molecular flexibility index (Phi) is 7.22. The average Bonchev–Trinajstić information content (AvgIpc) is 3.01. The molecule has 0 saturated heterocycles. The molecule has 0 bridgehead atoms. The molecule has 0 unspecified atom stereocenters. The molecule has 0 spiro atoms. The summed E-state index contributed by atoms with van der Waals surface area (Å²) in [7, 11) is 0. The molecular weight excluding hydrogens is 406 g/mol. The van der Waals surface area contributed by atoms with E-state index in [0.717, 1.165) is 26.4 Å². The standard InChI is InChI=1S/C21H23N3O3S2/c1-4-27-21(26)16(10-15-8-6-5-7-9-15)24-17(25)11-28-19-18-13(2)14(3)29-20(18)23-12-22-19/h5-9,12,16H,4,10-11H2,1-3H3,(H,24,25)/t16-/m0/s1. The lowest BCUT2D eigenvalue weighted by atomic mass is 10.1. The van der Waals surface area contributed by atoms with Crippen LogP contribution in [0.15, 0.2) is 41.7 Å². The SMILES string of the molecule is CCOC(=O)[C@H](Cc1ccccc1)NC(=O)CSc1ncnc2sc(C)c(C)c12. The number of hydrogen-bond donors (Lipinski definition) is 1. The number of fused-ring (bicyclic) bond motifs is 1. The van der Waals surface area contributed by atoms with E-state index < -0.39 is 12.0 Å². The Morgan fingerprint density at radius 1 is 1.21 bits per heavy atom. The van der Waals surface area contributed by atoms with Crippen molar-refractivity contribution in [2.24, 2.45) is 0 Å². The Bertz CT molecular complexity index is 1010. The number of nitrogens with zero attached hydrogens (tertiary/aromatic N) is 2. The van der Waals surface area contributed by atoms with Crippen LogP contribution in [0.1, 0.15) is 22.9 Å². The number of ether oxygens (including phenoxy) is 1. The number of thiophene rings is 1. The van der Waals surface area contributed by atoms with Gasteiger partial charge in [0, 0.05) is 16.7 Å². The van der Waals surface area contributed by atoms with E-state index in [0.29, 0.717) is 6.42 Å². The van der Waals surface area contributed by atoms with Crippen molar-refractivity contribution in [2.45, 2.75) is 38.3 Å². The zero-order valence-electron chi connectivity index (χ0n) is 16.6. The Balaban J connectivity index is 1.68. The lowest BCUT2D eigenvalue weighted by Crippen LogP contribution is -2.44. The van der Waals surface area contributed by atoms with Crippen molar-refractivity contribution in [2.75, 3.05) is 12.4 Å². The summed E-state index contributed by atoms with van der Waals surface area (Å²) in [4.78, 5) is 35.7. The number of hydrogen-bond acceptors (Lipinski definition) is 7. The Hall–Kier alpha value is -2.45. The number of aromatic nitrogens is 2. The molecule has 152 valence electrons. The van der Waals surface area contributed by atoms with Gasteiger partial charge < -0.3 is 10.1 Å². The third-order valence-corrected chi connectivity index (χ3v) is 6.56. The van der Waals surface area contributed by atoms with Gasteiger partial charge in [0.15, 0.2) is 0 Å². The summed E-state index contributed by atoms with van der Waals surface area (Å²) in [5.74, 6) is -0.505. The first-order valence-electron chi connectivity index (χ1n) is 9.33. The van der Waals surface area contributed by atoms with E-state index in [4.69, 9.17) is 4.74 Å². The van der Waals surface area contributed by atoms with Crippen molar-refractivity contribution in [3.05, 3.63) is 52.7 Å². The first-order valence-corrected chi connectivity index (χ1v) is 11.1. The molecule has 1 amide bonds. The number of thioether (sulfide) groups is 1. The largest absolute Gasteiger partial charge is 0.464 e. The van der Waals surface area contributed by atoms with Crippen molar-refractivity contribution in [1.82, 2.24) is 15.3 Å². The van der Waals surface area contributed by atoms with Gasteiger partial charge in [0.2, 0.25) is 5.91 Å². The average molecular weight is 430 g/mol. The van der Waals surface area contributed by atoms with E-state index in [9.17, 15) is 9.59 Å². The third kappa shape index (κ3) is 5.33. The molecule has 0 fully saturated rings. The number of aryl methyl sites for hydroxylation is 2. The van der Waals surface area contributed by atoms with Crippen LogP contribution >= 0.6 is 23.1 Å². The highest BCUT2D eigenvalue weighted by atomic mass is 32.2. The summed E-state index contributed by atoms with van der Waals surface area (Å²) in [5, 5.41) is 4.59. The number of amides is 1. The predicted octanol–water partition coefficient (Wildman–Crippen LogP) is 3.69. The number of esters is 1. The van der Waals surface area contributed by atoms with E-state index in [2.05, 4.69) is 22.2 Å². The second-order valence-corrected chi connectivity index (χ2v) is 8.66. The molecule has 0 saturated carbocycles. The van der Waals surface area contributed by atoms with Crippen LogP contribution in [0.25, 0.3) is 10.2 Å². The normalized spacial score (nSPS) is 12.0. The summed E-state index contributed by atoms with van der Waals surface area (Å²) < 4.78 is 5.14. The first kappa shape index (κ1) is 21.3. The third-order valence-electron chi connectivity index (χ3n) is 4.46. The molecule has 0 aliphatic heterocycles. The zero-order valence-corrected chi connectivity index (χ0v) is 18.2. The van der Waals surface area contributed by atoms with Crippen molar-refractivity contribution >= 4 is 45.2 Å². The number of rotatable bonds is 8. The van der Waals surface area contributed by atoms with Gasteiger partial charge in [-0.3, -0.25) is 4.79 Å². The molecule has 1 N–H and O–H groups in total. The maximum atomic E-state index is 12.6. The van der Waals surface area contributed by atoms with Gasteiger partial charge in [-0.15, -0.1) is 11.3 Å². The molecule has 29 heavy (non-hydrogen) atoms. The molecule has 6 nitrogen and oxygen atoms in total. The highest BCUT2D eigenvalue weighted by molar-refractivity contribution is 8.00. The highest BCUT2D eigenvalue weighted by Gasteiger charge is 2.23. The van der Waals surface area contributed by atoms with Gasteiger partial charge in [-0.25, -0.2) is 14.8 Å². The van der Waals surface area contributed by atoms with Gasteiger partial charge in [0.1, 0.15) is 22.2 Å². The quantitative estimate of drug-likeness (QED) is 0.334. The lowest BCUT2D eigenvalue weighted by molar-refractivity contribution is -0.147. The summed E-state index contributed by atoms with van der Waals surface area (Å²) in [6.45, 7) is 6.11. The van der Waals surface area contributed by atoms with Gasteiger partial charge in [0.25, 0.3) is 0 Å². The molecule has 0 aliphatic rings. The lowest BCUT2D eigenvalue weighted by Gasteiger charge is -2.17. The first-order chi connectivity index (χ1) is 14.0. The zero-order chi connectivity index (χ0) is 20.8. The summed E-state index contributed by atoms with van der Waals surface area (Å²) in [5.41, 5.74) is 2.10. The van der Waals surface area contributed by atoms with Crippen LogP contribution in [0, 0.1) is 13.8 Å². The summed E-state index contributed by atoms with van der Waals surface area (Å²) in [6, 6.07) is 8.84. The van der Waals surface area contributed by atoms with Crippen LogP contribution in [-0.2, 0) is 20.7 Å². The van der Waals surface area contributed by atoms with Gasteiger partial charge in [-0.2, -0.15) is 0 Å². The summed E-state index contributed by atoms with van der Waals surface area (Å²) >= 11 is 2.97. The van der Waals surface area contributed by atoms with Crippen LogP contribution < -0.4 is 5.32 Å². The molecular formula is C21H23N3O3S2. The molecule has 1 aromatic carbocycles. The van der Waals surface area contributed by atoms with Gasteiger partial charge in [0.05, 0.1) is 12.4 Å². The van der Waals surface area contributed by atoms with Crippen LogP contribution in [0.3, 0.4) is 0 Å². The number of benzene rings is 1. The van der Waals surface area contributed by atoms with E-state index in [1.807, 2.05) is 37.3 Å². The van der Waals surface area contributed by atoms with Crippen molar-refractivity contribution < 1.29 is 14.3 Å². The summed E-state index contributed by atoms with van der Waals surface area (Å²) in [6.07, 6.45) is 1.91. The van der Waals surface area contributed by atoms with Crippen molar-refractivity contribution in [3.63, 3.8) is 0 Å². The Morgan fingerprint density at radius 3 is 2.69 bits per heavy atom. The highest BCUT2D eigenvalue weighted by Crippen LogP contribution is 2.34. The molecule has 3 rings (SSSR count). The fraction of sp³-hybridized carbons (Fsp3) is 0.333. The number of carbonyl (C=O) groups is 2. The van der Waals surface area contributed by atoms with Crippen LogP contribution in [0.5, 0.6) is 0 Å². The fourth-order valence-corrected chi connectivity index (χ4v) is 4.84.